The van der Waals surface area contributed by atoms with Crippen LogP contribution in [-0.4, -0.2) is 20.8 Å². The quantitative estimate of drug-likeness (QED) is 0.754. The molecular formula is C18H16FN3O3. The maximum absolute atomic E-state index is 13.2. The number of nitrogens with two attached hydrogens (primary N) is 1. The summed E-state index contributed by atoms with van der Waals surface area (Å²) in [5.74, 6) is -1.18. The summed E-state index contributed by atoms with van der Waals surface area (Å²) in [6.45, 7) is 1.48. The summed E-state index contributed by atoms with van der Waals surface area (Å²) in [6, 6.07) is 10.5. The zero-order valence-corrected chi connectivity index (χ0v) is 13.4. The molecule has 7 heteroatoms. The van der Waals surface area contributed by atoms with Crippen molar-refractivity contribution in [2.75, 3.05) is 0 Å². The normalized spacial score (nSPS) is 12.3. The van der Waals surface area contributed by atoms with E-state index in [0.29, 0.717) is 16.5 Å². The number of rotatable bonds is 4. The number of halogens is 1. The summed E-state index contributed by atoms with van der Waals surface area (Å²) in [5, 5.41) is 15.1. The number of hydrogen-bond donors (Lipinski definition) is 2. The Labute approximate surface area is 142 Å². The molecule has 3 N–H and O–H groups in total. The minimum Gasteiger partial charge on any atom is -0.386 e. The molecule has 0 saturated heterocycles. The highest BCUT2D eigenvalue weighted by atomic mass is 19.1. The number of benzene rings is 2. The Kier molecular flexibility index (Phi) is 4.33. The molecule has 3 aromatic rings. The van der Waals surface area contributed by atoms with E-state index < -0.39 is 23.4 Å². The van der Waals surface area contributed by atoms with Gasteiger partial charge in [0.15, 0.2) is 5.69 Å². The summed E-state index contributed by atoms with van der Waals surface area (Å²) in [7, 11) is 0. The van der Waals surface area contributed by atoms with E-state index in [1.807, 2.05) is 0 Å². The van der Waals surface area contributed by atoms with Gasteiger partial charge in [-0.05, 0) is 36.2 Å². The first-order valence-corrected chi connectivity index (χ1v) is 7.62. The summed E-state index contributed by atoms with van der Waals surface area (Å²) in [5.41, 5.74) is 5.90. The lowest BCUT2D eigenvalue weighted by Gasteiger charge is -2.16. The smallest absolute Gasteiger partial charge is 0.274 e. The van der Waals surface area contributed by atoms with Crippen LogP contribution in [0.3, 0.4) is 0 Å². The average Bonchev–Trinajstić information content (AvgIpc) is 2.57. The minimum absolute atomic E-state index is 0.0433. The molecule has 0 aliphatic carbocycles. The van der Waals surface area contributed by atoms with Crippen molar-refractivity contribution >= 4 is 16.7 Å². The molecule has 3 rings (SSSR count). The van der Waals surface area contributed by atoms with Gasteiger partial charge < -0.3 is 10.8 Å². The van der Waals surface area contributed by atoms with Gasteiger partial charge >= 0.3 is 0 Å². The first-order valence-electron chi connectivity index (χ1n) is 7.62. The van der Waals surface area contributed by atoms with Crippen LogP contribution in [0.4, 0.5) is 4.39 Å². The van der Waals surface area contributed by atoms with E-state index in [1.54, 1.807) is 31.2 Å². The molecule has 0 aliphatic rings. The van der Waals surface area contributed by atoms with E-state index in [0.717, 1.165) is 4.68 Å². The Hall–Kier alpha value is -3.06. The molecule has 0 radical (unpaired) electrons. The van der Waals surface area contributed by atoms with Gasteiger partial charge in [0.05, 0.1) is 18.0 Å². The SMILES string of the molecule is Cc1cc(F)ccc1C(O)Cn1nc(C(N)=O)c2ccccc2c1=O. The third-order valence-electron chi connectivity index (χ3n) is 4.04. The number of carbonyl (C=O) groups is 1. The second-order valence-electron chi connectivity index (χ2n) is 5.76. The molecule has 0 spiro atoms. The first kappa shape index (κ1) is 16.8. The third-order valence-corrected chi connectivity index (χ3v) is 4.04. The highest BCUT2D eigenvalue weighted by molar-refractivity contribution is 6.03. The number of aliphatic hydroxyl groups is 1. The van der Waals surface area contributed by atoms with Crippen molar-refractivity contribution in [1.29, 1.82) is 0 Å². The molecule has 0 saturated carbocycles. The number of fused-ring (bicyclic) bond motifs is 1. The molecule has 0 fully saturated rings. The number of primary amides is 1. The number of hydrogen-bond acceptors (Lipinski definition) is 4. The Balaban J connectivity index is 2.08. The topological polar surface area (TPSA) is 98.2 Å². The predicted octanol–water partition coefficient (Wildman–Crippen LogP) is 1.68. The molecule has 25 heavy (non-hydrogen) atoms. The van der Waals surface area contributed by atoms with Crippen LogP contribution in [0.2, 0.25) is 0 Å². The monoisotopic (exact) mass is 341 g/mol. The number of aliphatic hydroxyl groups excluding tert-OH is 1. The molecule has 0 aliphatic heterocycles. The second kappa shape index (κ2) is 6.45. The number of aromatic nitrogens is 2. The van der Waals surface area contributed by atoms with Crippen molar-refractivity contribution in [2.24, 2.45) is 5.73 Å². The van der Waals surface area contributed by atoms with Gasteiger partial charge in [-0.3, -0.25) is 9.59 Å². The number of nitrogens with zero attached hydrogens (tertiary/aromatic N) is 2. The van der Waals surface area contributed by atoms with Crippen LogP contribution in [0.1, 0.15) is 27.7 Å². The molecule has 128 valence electrons. The zero-order valence-electron chi connectivity index (χ0n) is 13.4. The lowest BCUT2D eigenvalue weighted by atomic mass is 10.0. The minimum atomic E-state index is -1.09. The molecular weight excluding hydrogens is 325 g/mol. The van der Waals surface area contributed by atoms with Crippen LogP contribution in [0.15, 0.2) is 47.3 Å². The van der Waals surface area contributed by atoms with Crippen molar-refractivity contribution in [1.82, 2.24) is 9.78 Å². The summed E-state index contributed by atoms with van der Waals surface area (Å²) >= 11 is 0. The number of amides is 1. The van der Waals surface area contributed by atoms with Crippen molar-refractivity contribution in [3.63, 3.8) is 0 Å². The van der Waals surface area contributed by atoms with Gasteiger partial charge in [0.25, 0.3) is 11.5 Å². The van der Waals surface area contributed by atoms with Crippen LogP contribution in [0, 0.1) is 12.7 Å². The highest BCUT2D eigenvalue weighted by Gasteiger charge is 2.18. The Bertz CT molecular complexity index is 1030. The van der Waals surface area contributed by atoms with E-state index in [2.05, 4.69) is 5.10 Å². The average molecular weight is 341 g/mol. The first-order chi connectivity index (χ1) is 11.9. The molecule has 1 heterocycles. The molecule has 0 bridgehead atoms. The van der Waals surface area contributed by atoms with Gasteiger partial charge in [0.1, 0.15) is 5.82 Å². The molecule has 6 nitrogen and oxygen atoms in total. The van der Waals surface area contributed by atoms with Gasteiger partial charge in [0.2, 0.25) is 0 Å². The Morgan fingerprint density at radius 1 is 1.28 bits per heavy atom. The van der Waals surface area contributed by atoms with Gasteiger partial charge in [-0.15, -0.1) is 0 Å². The molecule has 1 amide bonds. The maximum Gasteiger partial charge on any atom is 0.274 e. The maximum atomic E-state index is 13.2. The number of aryl methyl sites for hydroxylation is 1. The second-order valence-corrected chi connectivity index (χ2v) is 5.76. The van der Waals surface area contributed by atoms with Crippen molar-refractivity contribution in [2.45, 2.75) is 19.6 Å². The highest BCUT2D eigenvalue weighted by Crippen LogP contribution is 2.20. The predicted molar refractivity (Wildman–Crippen MR) is 90.6 cm³/mol. The summed E-state index contributed by atoms with van der Waals surface area (Å²) in [6.07, 6.45) is -1.09. The molecule has 2 aromatic carbocycles. The fourth-order valence-corrected chi connectivity index (χ4v) is 2.82. The lowest BCUT2D eigenvalue weighted by molar-refractivity contribution is 0.0991. The standard InChI is InChI=1S/C18H16FN3O3/c1-10-8-11(19)6-7-12(10)15(23)9-22-18(25)14-5-3-2-4-13(14)16(21-22)17(20)24/h2-8,15,23H,9H2,1H3,(H2,20,24). The van der Waals surface area contributed by atoms with E-state index in [9.17, 15) is 19.1 Å². The number of carbonyl (C=O) groups excluding carboxylic acids is 1. The largest absolute Gasteiger partial charge is 0.386 e. The Morgan fingerprint density at radius 3 is 2.60 bits per heavy atom. The fraction of sp³-hybridized carbons (Fsp3) is 0.167. The van der Waals surface area contributed by atoms with Crippen molar-refractivity contribution in [3.05, 3.63) is 75.5 Å². The van der Waals surface area contributed by atoms with Crippen molar-refractivity contribution < 1.29 is 14.3 Å². The lowest BCUT2D eigenvalue weighted by Crippen LogP contribution is -2.30. The van der Waals surface area contributed by atoms with Gasteiger partial charge in [-0.25, -0.2) is 9.07 Å². The zero-order chi connectivity index (χ0) is 18.1. The van der Waals surface area contributed by atoms with Crippen LogP contribution in [0.25, 0.3) is 10.8 Å². The molecule has 1 atom stereocenters. The summed E-state index contributed by atoms with van der Waals surface area (Å²) in [4.78, 5) is 24.3. The van der Waals surface area contributed by atoms with Crippen LogP contribution >= 0.6 is 0 Å². The summed E-state index contributed by atoms with van der Waals surface area (Å²) < 4.78 is 14.2. The molecule has 1 aromatic heterocycles. The van der Waals surface area contributed by atoms with Gasteiger partial charge in [-0.1, -0.05) is 24.3 Å². The van der Waals surface area contributed by atoms with Crippen LogP contribution < -0.4 is 11.3 Å². The van der Waals surface area contributed by atoms with Crippen molar-refractivity contribution in [3.8, 4) is 0 Å². The van der Waals surface area contributed by atoms with Crippen LogP contribution in [0.5, 0.6) is 0 Å². The van der Waals surface area contributed by atoms with Gasteiger partial charge in [-0.2, -0.15) is 5.10 Å². The van der Waals surface area contributed by atoms with E-state index >= 15 is 0 Å². The fourth-order valence-electron chi connectivity index (χ4n) is 2.82. The van der Waals surface area contributed by atoms with E-state index in [4.69, 9.17) is 5.73 Å². The van der Waals surface area contributed by atoms with Gasteiger partial charge in [0, 0.05) is 5.39 Å². The van der Waals surface area contributed by atoms with Crippen LogP contribution in [-0.2, 0) is 6.54 Å². The molecule has 1 unspecified atom stereocenters. The van der Waals surface area contributed by atoms with E-state index in [-0.39, 0.29) is 17.6 Å². The third kappa shape index (κ3) is 3.14. The Morgan fingerprint density at radius 2 is 1.96 bits per heavy atom. The van der Waals surface area contributed by atoms with E-state index in [1.165, 1.54) is 18.2 Å².